The standard InChI is InChI=1S/C30H38ClN5O3/c1-21-7-5-8-22(19-21)29(38)33-30-32-25-10-6-11-26(39-24-13-17-34(2)18-14-24)28(25)36(30)23-9-3-4-16-35(20-23)27(37)12-15-31/h5-8,10-11,19,23-24H,3-4,9,12-18,20H2,1-2H3,(H,32,33,38)/t23-/m1/s1. The molecular formula is C30H38ClN5O3. The zero-order chi connectivity index (χ0) is 27.4. The Morgan fingerprint density at radius 1 is 1.08 bits per heavy atom. The first-order valence-electron chi connectivity index (χ1n) is 14.0. The molecular weight excluding hydrogens is 514 g/mol. The molecule has 2 fully saturated rings. The van der Waals surface area contributed by atoms with E-state index >= 15 is 0 Å². The van der Waals surface area contributed by atoms with E-state index in [2.05, 4.69) is 21.8 Å². The third kappa shape index (κ3) is 6.39. The number of amides is 2. The maximum atomic E-state index is 13.4. The smallest absolute Gasteiger partial charge is 0.257 e. The van der Waals surface area contributed by atoms with E-state index in [1.54, 1.807) is 0 Å². The molecule has 0 aliphatic carbocycles. The van der Waals surface area contributed by atoms with Gasteiger partial charge in [0.1, 0.15) is 17.4 Å². The highest BCUT2D eigenvalue weighted by Crippen LogP contribution is 2.36. The fourth-order valence-corrected chi connectivity index (χ4v) is 5.86. The number of piperidine rings is 1. The van der Waals surface area contributed by atoms with Gasteiger partial charge in [0, 0.05) is 44.0 Å². The fraction of sp³-hybridized carbons (Fsp3) is 0.500. The summed E-state index contributed by atoms with van der Waals surface area (Å²) in [6.45, 7) is 5.21. The van der Waals surface area contributed by atoms with Crippen molar-refractivity contribution in [3.05, 3.63) is 53.6 Å². The molecule has 2 aromatic carbocycles. The lowest BCUT2D eigenvalue weighted by atomic mass is 10.1. The van der Waals surface area contributed by atoms with Crippen LogP contribution in [0.1, 0.15) is 60.5 Å². The summed E-state index contributed by atoms with van der Waals surface area (Å²) >= 11 is 5.91. The van der Waals surface area contributed by atoms with Gasteiger partial charge in [-0.15, -0.1) is 11.6 Å². The Balaban J connectivity index is 1.55. The summed E-state index contributed by atoms with van der Waals surface area (Å²) in [5.41, 5.74) is 3.23. The number of benzene rings is 2. The van der Waals surface area contributed by atoms with Crippen molar-refractivity contribution in [1.29, 1.82) is 0 Å². The first-order chi connectivity index (χ1) is 18.9. The second-order valence-electron chi connectivity index (χ2n) is 10.8. The second kappa shape index (κ2) is 12.4. The van der Waals surface area contributed by atoms with E-state index < -0.39 is 0 Å². The Labute approximate surface area is 235 Å². The predicted molar refractivity (Wildman–Crippen MR) is 155 cm³/mol. The summed E-state index contributed by atoms with van der Waals surface area (Å²) < 4.78 is 8.72. The van der Waals surface area contributed by atoms with Crippen LogP contribution in [0.2, 0.25) is 0 Å². The molecule has 0 radical (unpaired) electrons. The minimum absolute atomic E-state index is 0.0631. The average Bonchev–Trinajstić information content (AvgIpc) is 3.11. The van der Waals surface area contributed by atoms with Gasteiger partial charge in [-0.2, -0.15) is 0 Å². The Bertz CT molecular complexity index is 1320. The van der Waals surface area contributed by atoms with E-state index in [1.165, 1.54) is 0 Å². The molecule has 1 atom stereocenters. The number of fused-ring (bicyclic) bond motifs is 1. The van der Waals surface area contributed by atoms with Crippen LogP contribution < -0.4 is 10.1 Å². The summed E-state index contributed by atoms with van der Waals surface area (Å²) in [5, 5.41) is 3.09. The Hall–Kier alpha value is -3.10. The molecule has 2 amide bonds. The van der Waals surface area contributed by atoms with E-state index in [0.717, 1.165) is 67.5 Å². The van der Waals surface area contributed by atoms with Gasteiger partial charge in [0.15, 0.2) is 0 Å². The van der Waals surface area contributed by atoms with Crippen LogP contribution in [0.15, 0.2) is 42.5 Å². The van der Waals surface area contributed by atoms with Crippen LogP contribution in [-0.4, -0.2) is 76.4 Å². The van der Waals surface area contributed by atoms with Crippen LogP contribution in [0.3, 0.4) is 0 Å². The van der Waals surface area contributed by atoms with E-state index in [1.807, 2.05) is 54.3 Å². The van der Waals surface area contributed by atoms with Crippen molar-refractivity contribution in [3.63, 3.8) is 0 Å². The van der Waals surface area contributed by atoms with E-state index in [0.29, 0.717) is 36.9 Å². The number of nitrogens with one attached hydrogen (secondary N) is 1. The van der Waals surface area contributed by atoms with Gasteiger partial charge in [0.25, 0.3) is 5.91 Å². The van der Waals surface area contributed by atoms with Crippen molar-refractivity contribution in [2.24, 2.45) is 0 Å². The first-order valence-corrected chi connectivity index (χ1v) is 14.5. The van der Waals surface area contributed by atoms with Gasteiger partial charge < -0.3 is 19.1 Å². The minimum atomic E-state index is -0.211. The van der Waals surface area contributed by atoms with Gasteiger partial charge in [-0.3, -0.25) is 14.9 Å². The number of para-hydroxylation sites is 1. The molecule has 208 valence electrons. The highest BCUT2D eigenvalue weighted by Gasteiger charge is 2.29. The molecule has 39 heavy (non-hydrogen) atoms. The highest BCUT2D eigenvalue weighted by molar-refractivity contribution is 6.18. The van der Waals surface area contributed by atoms with Crippen LogP contribution in [0.5, 0.6) is 5.75 Å². The summed E-state index contributed by atoms with van der Waals surface area (Å²) in [6, 6.07) is 13.4. The monoisotopic (exact) mass is 551 g/mol. The van der Waals surface area contributed by atoms with Crippen LogP contribution in [0, 0.1) is 6.92 Å². The van der Waals surface area contributed by atoms with Crippen molar-refractivity contribution < 1.29 is 14.3 Å². The van der Waals surface area contributed by atoms with Gasteiger partial charge in [-0.1, -0.05) is 23.8 Å². The number of alkyl halides is 1. The minimum Gasteiger partial charge on any atom is -0.488 e. The maximum absolute atomic E-state index is 13.4. The first kappa shape index (κ1) is 27.5. The number of rotatable bonds is 7. The number of halogens is 1. The maximum Gasteiger partial charge on any atom is 0.257 e. The zero-order valence-corrected chi connectivity index (χ0v) is 23.6. The molecule has 3 heterocycles. The van der Waals surface area contributed by atoms with Crippen molar-refractivity contribution in [1.82, 2.24) is 19.4 Å². The lowest BCUT2D eigenvalue weighted by molar-refractivity contribution is -0.131. The number of anilines is 1. The van der Waals surface area contributed by atoms with Gasteiger partial charge >= 0.3 is 0 Å². The van der Waals surface area contributed by atoms with Crippen LogP contribution in [0.4, 0.5) is 5.95 Å². The van der Waals surface area contributed by atoms with Crippen molar-refractivity contribution >= 4 is 40.4 Å². The molecule has 3 aromatic rings. The van der Waals surface area contributed by atoms with Crippen molar-refractivity contribution in [3.8, 4) is 5.75 Å². The molecule has 2 aliphatic heterocycles. The molecule has 2 aliphatic rings. The van der Waals surface area contributed by atoms with Crippen LogP contribution in [-0.2, 0) is 4.79 Å². The molecule has 0 saturated carbocycles. The summed E-state index contributed by atoms with van der Waals surface area (Å²) in [4.78, 5) is 35.4. The summed E-state index contributed by atoms with van der Waals surface area (Å²) in [6.07, 6.45) is 5.13. The molecule has 0 unspecified atom stereocenters. The molecule has 8 nitrogen and oxygen atoms in total. The SMILES string of the molecule is Cc1cccc(C(=O)Nc2nc3cccc(OC4CCN(C)CC4)c3n2[C@@H]2CCCCN(C(=O)CCCl)C2)c1. The number of aryl methyl sites for hydroxylation is 1. The zero-order valence-electron chi connectivity index (χ0n) is 22.9. The third-order valence-corrected chi connectivity index (χ3v) is 8.00. The topological polar surface area (TPSA) is 79.7 Å². The number of carbonyl (C=O) groups is 2. The van der Waals surface area contributed by atoms with Gasteiger partial charge in [-0.25, -0.2) is 4.98 Å². The number of likely N-dealkylation sites (tertiary alicyclic amines) is 2. The predicted octanol–water partition coefficient (Wildman–Crippen LogP) is 5.25. The summed E-state index contributed by atoms with van der Waals surface area (Å²) in [5.74, 6) is 1.41. The summed E-state index contributed by atoms with van der Waals surface area (Å²) in [7, 11) is 2.14. The Morgan fingerprint density at radius 2 is 1.87 bits per heavy atom. The van der Waals surface area contributed by atoms with Gasteiger partial charge in [0.05, 0.1) is 11.6 Å². The van der Waals surface area contributed by atoms with Crippen LogP contribution in [0.25, 0.3) is 11.0 Å². The van der Waals surface area contributed by atoms with Crippen molar-refractivity contribution in [2.75, 3.05) is 44.4 Å². The normalized spacial score (nSPS) is 19.2. The molecule has 9 heteroatoms. The molecule has 5 rings (SSSR count). The van der Waals surface area contributed by atoms with Crippen molar-refractivity contribution in [2.45, 2.75) is 57.6 Å². The van der Waals surface area contributed by atoms with Crippen LogP contribution >= 0.6 is 11.6 Å². The third-order valence-electron chi connectivity index (χ3n) is 7.81. The van der Waals surface area contributed by atoms with Gasteiger partial charge in [0.2, 0.25) is 11.9 Å². The number of carbonyl (C=O) groups excluding carboxylic acids is 2. The molecule has 1 N–H and O–H groups in total. The largest absolute Gasteiger partial charge is 0.488 e. The molecule has 0 bridgehead atoms. The van der Waals surface area contributed by atoms with E-state index in [9.17, 15) is 9.59 Å². The average molecular weight is 552 g/mol. The lowest BCUT2D eigenvalue weighted by Gasteiger charge is -2.30. The number of imidazole rings is 1. The Kier molecular flexibility index (Phi) is 8.72. The Morgan fingerprint density at radius 3 is 2.64 bits per heavy atom. The highest BCUT2D eigenvalue weighted by atomic mass is 35.5. The molecule has 1 aromatic heterocycles. The second-order valence-corrected chi connectivity index (χ2v) is 11.2. The van der Waals surface area contributed by atoms with E-state index in [4.69, 9.17) is 21.3 Å². The number of hydrogen-bond donors (Lipinski definition) is 1. The number of nitrogens with zero attached hydrogens (tertiary/aromatic N) is 4. The fourth-order valence-electron chi connectivity index (χ4n) is 5.69. The van der Waals surface area contributed by atoms with E-state index in [-0.39, 0.29) is 24.0 Å². The number of aromatic nitrogens is 2. The number of hydrogen-bond acceptors (Lipinski definition) is 5. The van der Waals surface area contributed by atoms with Gasteiger partial charge in [-0.05, 0) is 70.3 Å². The lowest BCUT2D eigenvalue weighted by Crippen LogP contribution is -2.36. The molecule has 0 spiro atoms. The molecule has 2 saturated heterocycles. The quantitative estimate of drug-likeness (QED) is 0.406. The number of ether oxygens (including phenoxy) is 1.